The van der Waals surface area contributed by atoms with E-state index in [1.54, 1.807) is 36.4 Å². The van der Waals surface area contributed by atoms with Crippen LogP contribution >= 0.6 is 0 Å². The summed E-state index contributed by atoms with van der Waals surface area (Å²) < 4.78 is 54.4. The molecule has 5 heteroatoms. The maximum Gasteiger partial charge on any atom is 0.201 e. The molecule has 1 aliphatic heterocycles. The third-order valence-electron chi connectivity index (χ3n) is 6.49. The molecule has 1 saturated heterocycles. The van der Waals surface area contributed by atoms with Crippen molar-refractivity contribution in [1.29, 1.82) is 0 Å². The highest BCUT2D eigenvalue weighted by molar-refractivity contribution is 5.71. The molecule has 1 aliphatic rings. The number of methoxy groups -OCH3 is 1. The van der Waals surface area contributed by atoms with Crippen molar-refractivity contribution in [2.45, 2.75) is 38.7 Å². The quantitative estimate of drug-likeness (QED) is 0.326. The van der Waals surface area contributed by atoms with E-state index < -0.39 is 11.6 Å². The predicted molar refractivity (Wildman–Crippen MR) is 129 cm³/mol. The first kappa shape index (κ1) is 24.1. The molecule has 2 nitrogen and oxygen atoms in total. The Morgan fingerprint density at radius 1 is 0.912 bits per heavy atom. The van der Waals surface area contributed by atoms with Crippen molar-refractivity contribution >= 4 is 0 Å². The second kappa shape index (κ2) is 10.9. The summed E-state index contributed by atoms with van der Waals surface area (Å²) in [7, 11) is 1.29. The van der Waals surface area contributed by atoms with Gasteiger partial charge in [0, 0.05) is 11.1 Å². The fourth-order valence-electron chi connectivity index (χ4n) is 4.50. The normalized spacial score (nSPS) is 18.4. The molecule has 0 N–H and O–H groups in total. The first-order valence-corrected chi connectivity index (χ1v) is 11.7. The zero-order valence-electron chi connectivity index (χ0n) is 19.5. The zero-order chi connectivity index (χ0) is 24.1. The Kier molecular flexibility index (Phi) is 7.73. The van der Waals surface area contributed by atoms with Crippen LogP contribution in [0.1, 0.15) is 44.3 Å². The van der Waals surface area contributed by atoms with Crippen LogP contribution in [0.4, 0.5) is 13.2 Å². The molecule has 1 heterocycles. The van der Waals surface area contributed by atoms with E-state index in [0.717, 1.165) is 31.2 Å². The Labute approximate surface area is 199 Å². The largest absolute Gasteiger partial charge is 0.494 e. The van der Waals surface area contributed by atoms with E-state index >= 15 is 4.39 Å². The highest BCUT2D eigenvalue weighted by Crippen LogP contribution is 2.35. The average molecular weight is 467 g/mol. The van der Waals surface area contributed by atoms with Crippen LogP contribution in [0.3, 0.4) is 0 Å². The first-order valence-electron chi connectivity index (χ1n) is 11.7. The van der Waals surface area contributed by atoms with Crippen molar-refractivity contribution in [3.8, 4) is 28.0 Å². The summed E-state index contributed by atoms with van der Waals surface area (Å²) in [4.78, 5) is 0. The molecule has 4 rings (SSSR count). The maximum atomic E-state index is 15.0. The summed E-state index contributed by atoms with van der Waals surface area (Å²) in [6, 6.07) is 14.8. The highest BCUT2D eigenvalue weighted by atomic mass is 19.2. The lowest BCUT2D eigenvalue weighted by Gasteiger charge is -2.29. The summed E-state index contributed by atoms with van der Waals surface area (Å²) in [6.45, 7) is 2.73. The first-order chi connectivity index (χ1) is 16.5. The van der Waals surface area contributed by atoms with E-state index in [4.69, 9.17) is 9.47 Å². The van der Waals surface area contributed by atoms with E-state index in [0.29, 0.717) is 29.2 Å². The van der Waals surface area contributed by atoms with Gasteiger partial charge in [0.1, 0.15) is 5.82 Å². The minimum absolute atomic E-state index is 0.0863. The number of hydrogen-bond donors (Lipinski definition) is 0. The third kappa shape index (κ3) is 5.20. The minimum Gasteiger partial charge on any atom is -0.494 e. The molecule has 0 saturated carbocycles. The van der Waals surface area contributed by atoms with E-state index in [1.807, 2.05) is 13.0 Å². The van der Waals surface area contributed by atoms with Crippen molar-refractivity contribution in [3.63, 3.8) is 0 Å². The van der Waals surface area contributed by atoms with Gasteiger partial charge in [0.15, 0.2) is 11.6 Å². The molecular weight excluding hydrogens is 437 g/mol. The summed E-state index contributed by atoms with van der Waals surface area (Å²) in [5.74, 6) is -1.92. The number of allylic oxidation sites excluding steroid dienone is 2. The van der Waals surface area contributed by atoms with E-state index in [-0.39, 0.29) is 23.2 Å². The smallest absolute Gasteiger partial charge is 0.201 e. The van der Waals surface area contributed by atoms with Crippen molar-refractivity contribution in [2.75, 3.05) is 13.7 Å². The third-order valence-corrected chi connectivity index (χ3v) is 6.49. The summed E-state index contributed by atoms with van der Waals surface area (Å²) in [6.07, 6.45) is 8.31. The molecule has 1 fully saturated rings. The number of benzene rings is 3. The Hall–Kier alpha value is -3.05. The molecule has 178 valence electrons. The van der Waals surface area contributed by atoms with Crippen molar-refractivity contribution in [2.24, 2.45) is 5.92 Å². The van der Waals surface area contributed by atoms with Gasteiger partial charge in [-0.1, -0.05) is 48.6 Å². The molecule has 0 amide bonds. The SMILES string of the molecule is C/C=C/CCC1CCC(c2ccc(-c3ccc(-c4ccc(OC)c(F)c4F)cc3)c(F)c2)OC1. The van der Waals surface area contributed by atoms with Gasteiger partial charge in [-0.25, -0.2) is 8.78 Å². The lowest BCUT2D eigenvalue weighted by Crippen LogP contribution is -2.20. The van der Waals surface area contributed by atoms with Crippen molar-refractivity contribution < 1.29 is 22.6 Å². The van der Waals surface area contributed by atoms with Gasteiger partial charge in [-0.05, 0) is 73.4 Å². The van der Waals surface area contributed by atoms with Crippen LogP contribution in [0, 0.1) is 23.4 Å². The predicted octanol–water partition coefficient (Wildman–Crippen LogP) is 8.27. The Morgan fingerprint density at radius 2 is 1.62 bits per heavy atom. The molecule has 0 aliphatic carbocycles. The Balaban J connectivity index is 1.46. The van der Waals surface area contributed by atoms with Gasteiger partial charge in [-0.3, -0.25) is 0 Å². The average Bonchev–Trinajstić information content (AvgIpc) is 2.86. The van der Waals surface area contributed by atoms with Crippen LogP contribution in [-0.4, -0.2) is 13.7 Å². The number of halogens is 3. The van der Waals surface area contributed by atoms with Crippen LogP contribution in [-0.2, 0) is 4.74 Å². The number of hydrogen-bond acceptors (Lipinski definition) is 2. The molecule has 3 aromatic carbocycles. The Bertz CT molecular complexity index is 1150. The molecule has 0 bridgehead atoms. The van der Waals surface area contributed by atoms with Crippen molar-refractivity contribution in [1.82, 2.24) is 0 Å². The molecule has 0 radical (unpaired) electrons. The van der Waals surface area contributed by atoms with Crippen LogP contribution in [0.25, 0.3) is 22.3 Å². The number of rotatable bonds is 7. The maximum absolute atomic E-state index is 15.0. The topological polar surface area (TPSA) is 18.5 Å². The van der Waals surface area contributed by atoms with Crippen LogP contribution in [0.5, 0.6) is 5.75 Å². The van der Waals surface area contributed by atoms with Gasteiger partial charge in [-0.2, -0.15) is 4.39 Å². The molecular formula is C29H29F3O2. The Morgan fingerprint density at radius 3 is 2.24 bits per heavy atom. The minimum atomic E-state index is -1.03. The van der Waals surface area contributed by atoms with Gasteiger partial charge in [0.05, 0.1) is 19.8 Å². The molecule has 2 unspecified atom stereocenters. The van der Waals surface area contributed by atoms with Gasteiger partial charge < -0.3 is 9.47 Å². The second-order valence-corrected chi connectivity index (χ2v) is 8.67. The monoisotopic (exact) mass is 466 g/mol. The summed E-state index contributed by atoms with van der Waals surface area (Å²) in [5.41, 5.74) is 2.59. The van der Waals surface area contributed by atoms with E-state index in [9.17, 15) is 8.78 Å². The fraction of sp³-hybridized carbons (Fsp3) is 0.310. The molecule has 2 atom stereocenters. The summed E-state index contributed by atoms with van der Waals surface area (Å²) in [5, 5.41) is 0. The molecule has 3 aromatic rings. The lowest BCUT2D eigenvalue weighted by molar-refractivity contribution is -0.0191. The highest BCUT2D eigenvalue weighted by Gasteiger charge is 2.23. The molecule has 0 spiro atoms. The standard InChI is InChI=1S/C29H29F3O2/c1-3-4-5-6-19-7-15-26(34-18-19)22-12-13-23(25(30)17-22)20-8-10-21(11-9-20)24-14-16-27(33-2)29(32)28(24)31/h3-4,8-14,16-17,19,26H,5-7,15,18H2,1-2H3/b4-3+. The molecule has 0 aromatic heterocycles. The van der Waals surface area contributed by atoms with E-state index in [2.05, 4.69) is 12.2 Å². The number of ether oxygens (including phenoxy) is 2. The van der Waals surface area contributed by atoms with Crippen LogP contribution < -0.4 is 4.74 Å². The van der Waals surface area contributed by atoms with E-state index in [1.165, 1.54) is 19.2 Å². The molecule has 34 heavy (non-hydrogen) atoms. The van der Waals surface area contributed by atoms with Crippen LogP contribution in [0.15, 0.2) is 66.7 Å². The lowest BCUT2D eigenvalue weighted by atomic mass is 9.91. The van der Waals surface area contributed by atoms with Gasteiger partial charge in [0.2, 0.25) is 5.82 Å². The second-order valence-electron chi connectivity index (χ2n) is 8.67. The summed E-state index contributed by atoms with van der Waals surface area (Å²) >= 11 is 0. The van der Waals surface area contributed by atoms with Gasteiger partial charge >= 0.3 is 0 Å². The van der Waals surface area contributed by atoms with Gasteiger partial charge in [0.25, 0.3) is 0 Å². The van der Waals surface area contributed by atoms with Gasteiger partial charge in [-0.15, -0.1) is 0 Å². The zero-order valence-corrected chi connectivity index (χ0v) is 19.5. The fourth-order valence-corrected chi connectivity index (χ4v) is 4.50. The van der Waals surface area contributed by atoms with Crippen molar-refractivity contribution in [3.05, 3.63) is 89.8 Å². The van der Waals surface area contributed by atoms with Crippen LogP contribution in [0.2, 0.25) is 0 Å².